The Morgan fingerprint density at radius 1 is 1.39 bits per heavy atom. The molecule has 1 N–H and O–H groups in total. The van der Waals surface area contributed by atoms with Crippen LogP contribution in [0, 0.1) is 0 Å². The number of hydrogen-bond donors (Lipinski definition) is 1. The Bertz CT molecular complexity index is 413. The highest BCUT2D eigenvalue weighted by Crippen LogP contribution is 2.30. The molecule has 0 saturated heterocycles. The molecule has 0 heterocycles. The van der Waals surface area contributed by atoms with E-state index in [1.54, 1.807) is 14.0 Å². The van der Waals surface area contributed by atoms with Crippen LogP contribution in [0.5, 0.6) is 5.75 Å². The lowest BCUT2D eigenvalue weighted by atomic mass is 9.94. The molecule has 0 radical (unpaired) electrons. The fourth-order valence-corrected chi connectivity index (χ4v) is 2.04. The molecule has 18 heavy (non-hydrogen) atoms. The Balaban J connectivity index is 3.16. The lowest BCUT2D eigenvalue weighted by Gasteiger charge is -2.20. The molecule has 0 saturated carbocycles. The maximum Gasteiger partial charge on any atom is 0.131 e. The van der Waals surface area contributed by atoms with Gasteiger partial charge in [-0.05, 0) is 31.5 Å². The van der Waals surface area contributed by atoms with Gasteiger partial charge in [-0.2, -0.15) is 0 Å². The van der Waals surface area contributed by atoms with Gasteiger partial charge in [-0.15, -0.1) is 0 Å². The Morgan fingerprint density at radius 3 is 2.50 bits per heavy atom. The van der Waals surface area contributed by atoms with Crippen molar-refractivity contribution >= 4 is 5.78 Å². The Labute approximate surface area is 110 Å². The molecule has 1 aromatic carbocycles. The summed E-state index contributed by atoms with van der Waals surface area (Å²) in [5.74, 6) is 1.47. The smallest absolute Gasteiger partial charge is 0.131 e. The van der Waals surface area contributed by atoms with Crippen LogP contribution in [-0.2, 0) is 4.79 Å². The standard InChI is InChI=1S/C15H23NO2/c1-10(2)12-6-7-15(18-5)13(9-12)14(16-4)8-11(3)17/h6-7,9-10,14,16H,8H2,1-5H3. The highest BCUT2D eigenvalue weighted by Gasteiger charge is 2.17. The number of methoxy groups -OCH3 is 1. The number of hydrogen-bond acceptors (Lipinski definition) is 3. The molecule has 0 fully saturated rings. The highest BCUT2D eigenvalue weighted by atomic mass is 16.5. The number of benzene rings is 1. The Hall–Kier alpha value is -1.35. The van der Waals surface area contributed by atoms with Gasteiger partial charge < -0.3 is 10.1 Å². The van der Waals surface area contributed by atoms with Crippen LogP contribution in [-0.4, -0.2) is 19.9 Å². The lowest BCUT2D eigenvalue weighted by molar-refractivity contribution is -0.117. The van der Waals surface area contributed by atoms with Crippen molar-refractivity contribution in [2.45, 2.75) is 39.2 Å². The predicted molar refractivity (Wildman–Crippen MR) is 74.2 cm³/mol. The molecule has 1 atom stereocenters. The van der Waals surface area contributed by atoms with Crippen LogP contribution in [0.3, 0.4) is 0 Å². The first-order valence-corrected chi connectivity index (χ1v) is 6.34. The fourth-order valence-electron chi connectivity index (χ4n) is 2.04. The number of ether oxygens (including phenoxy) is 1. The molecular weight excluding hydrogens is 226 g/mol. The number of Topliss-reactive ketones (excluding diaryl/α,β-unsaturated/α-hetero) is 1. The van der Waals surface area contributed by atoms with Gasteiger partial charge in [-0.25, -0.2) is 0 Å². The SMILES string of the molecule is CNC(CC(C)=O)c1cc(C(C)C)ccc1OC. The molecule has 100 valence electrons. The van der Waals surface area contributed by atoms with Gasteiger partial charge in [-0.3, -0.25) is 4.79 Å². The molecule has 1 unspecified atom stereocenters. The summed E-state index contributed by atoms with van der Waals surface area (Å²) in [4.78, 5) is 11.3. The van der Waals surface area contributed by atoms with E-state index in [4.69, 9.17) is 4.74 Å². The molecule has 0 bridgehead atoms. The molecule has 1 aromatic rings. The number of ketones is 1. The average Bonchev–Trinajstić information content (AvgIpc) is 2.34. The minimum atomic E-state index is 0.0103. The zero-order valence-electron chi connectivity index (χ0n) is 11.9. The molecule has 0 amide bonds. The van der Waals surface area contributed by atoms with E-state index in [1.165, 1.54) is 5.56 Å². The summed E-state index contributed by atoms with van der Waals surface area (Å²) in [6.07, 6.45) is 0.481. The first kappa shape index (κ1) is 14.7. The van der Waals surface area contributed by atoms with Crippen LogP contribution in [0.25, 0.3) is 0 Å². The molecule has 0 aliphatic carbocycles. The van der Waals surface area contributed by atoms with Crippen LogP contribution in [0.15, 0.2) is 18.2 Å². The summed E-state index contributed by atoms with van der Waals surface area (Å²) in [7, 11) is 3.53. The third-order valence-electron chi connectivity index (χ3n) is 3.14. The Kier molecular flexibility index (Phi) is 5.35. The van der Waals surface area contributed by atoms with Crippen molar-refractivity contribution in [3.8, 4) is 5.75 Å². The van der Waals surface area contributed by atoms with E-state index < -0.39 is 0 Å². The summed E-state index contributed by atoms with van der Waals surface area (Å²) in [6.45, 7) is 5.93. The van der Waals surface area contributed by atoms with E-state index in [-0.39, 0.29) is 11.8 Å². The summed E-state index contributed by atoms with van der Waals surface area (Å²) >= 11 is 0. The maximum atomic E-state index is 11.3. The summed E-state index contributed by atoms with van der Waals surface area (Å²) in [5.41, 5.74) is 2.32. The monoisotopic (exact) mass is 249 g/mol. The third kappa shape index (κ3) is 3.57. The van der Waals surface area contributed by atoms with Crippen molar-refractivity contribution in [1.82, 2.24) is 5.32 Å². The molecule has 0 aromatic heterocycles. The van der Waals surface area contributed by atoms with Gasteiger partial charge in [0.25, 0.3) is 0 Å². The van der Waals surface area contributed by atoms with Crippen LogP contribution >= 0.6 is 0 Å². The van der Waals surface area contributed by atoms with E-state index in [2.05, 4.69) is 31.3 Å². The van der Waals surface area contributed by atoms with Crippen LogP contribution in [0.1, 0.15) is 50.3 Å². The van der Waals surface area contributed by atoms with Crippen molar-refractivity contribution in [2.24, 2.45) is 0 Å². The van der Waals surface area contributed by atoms with Gasteiger partial charge in [0.05, 0.1) is 7.11 Å². The van der Waals surface area contributed by atoms with Gasteiger partial charge in [0.2, 0.25) is 0 Å². The van der Waals surface area contributed by atoms with E-state index in [1.807, 2.05) is 13.1 Å². The quantitative estimate of drug-likeness (QED) is 0.842. The summed E-state index contributed by atoms with van der Waals surface area (Å²) in [6, 6.07) is 6.20. The van der Waals surface area contributed by atoms with Gasteiger partial charge in [0.1, 0.15) is 11.5 Å². The van der Waals surface area contributed by atoms with E-state index in [9.17, 15) is 4.79 Å². The van der Waals surface area contributed by atoms with Gasteiger partial charge in [-0.1, -0.05) is 26.0 Å². The lowest BCUT2D eigenvalue weighted by Crippen LogP contribution is -2.20. The number of rotatable bonds is 6. The van der Waals surface area contributed by atoms with Crippen LogP contribution in [0.2, 0.25) is 0 Å². The molecule has 3 heteroatoms. The van der Waals surface area contributed by atoms with Gasteiger partial charge >= 0.3 is 0 Å². The summed E-state index contributed by atoms with van der Waals surface area (Å²) in [5, 5.41) is 3.19. The first-order chi connectivity index (χ1) is 8.49. The summed E-state index contributed by atoms with van der Waals surface area (Å²) < 4.78 is 5.39. The van der Waals surface area contributed by atoms with Gasteiger partial charge in [0.15, 0.2) is 0 Å². The minimum absolute atomic E-state index is 0.0103. The van der Waals surface area contributed by atoms with E-state index in [0.29, 0.717) is 12.3 Å². The Morgan fingerprint density at radius 2 is 2.06 bits per heavy atom. The second-order valence-electron chi connectivity index (χ2n) is 4.90. The first-order valence-electron chi connectivity index (χ1n) is 6.34. The van der Waals surface area contributed by atoms with Crippen molar-refractivity contribution in [2.75, 3.05) is 14.2 Å². The van der Waals surface area contributed by atoms with E-state index in [0.717, 1.165) is 11.3 Å². The predicted octanol–water partition coefficient (Wildman–Crippen LogP) is 3.06. The van der Waals surface area contributed by atoms with Crippen molar-refractivity contribution in [3.05, 3.63) is 29.3 Å². The molecule has 0 aliphatic rings. The van der Waals surface area contributed by atoms with Crippen molar-refractivity contribution in [3.63, 3.8) is 0 Å². The van der Waals surface area contributed by atoms with Crippen LogP contribution < -0.4 is 10.1 Å². The van der Waals surface area contributed by atoms with Gasteiger partial charge in [0, 0.05) is 18.0 Å². The molecule has 1 rings (SSSR count). The number of carbonyl (C=O) groups is 1. The number of carbonyl (C=O) groups excluding carboxylic acids is 1. The highest BCUT2D eigenvalue weighted by molar-refractivity contribution is 5.76. The zero-order chi connectivity index (χ0) is 13.7. The third-order valence-corrected chi connectivity index (χ3v) is 3.14. The number of nitrogens with one attached hydrogen (secondary N) is 1. The largest absolute Gasteiger partial charge is 0.496 e. The second-order valence-corrected chi connectivity index (χ2v) is 4.90. The maximum absolute atomic E-state index is 11.3. The van der Waals surface area contributed by atoms with Crippen LogP contribution in [0.4, 0.5) is 0 Å². The molecule has 0 aliphatic heterocycles. The fraction of sp³-hybridized carbons (Fsp3) is 0.533. The van der Waals surface area contributed by atoms with E-state index >= 15 is 0 Å². The second kappa shape index (κ2) is 6.55. The minimum Gasteiger partial charge on any atom is -0.496 e. The zero-order valence-corrected chi connectivity index (χ0v) is 11.9. The average molecular weight is 249 g/mol. The molecule has 3 nitrogen and oxygen atoms in total. The normalized spacial score (nSPS) is 12.6. The molecular formula is C15H23NO2. The van der Waals surface area contributed by atoms with Crippen molar-refractivity contribution < 1.29 is 9.53 Å². The topological polar surface area (TPSA) is 38.3 Å². The molecule has 0 spiro atoms. The van der Waals surface area contributed by atoms with Crippen molar-refractivity contribution in [1.29, 1.82) is 0 Å².